The van der Waals surface area contributed by atoms with Crippen molar-refractivity contribution in [3.63, 3.8) is 0 Å². The van der Waals surface area contributed by atoms with Crippen LogP contribution in [0.15, 0.2) is 12.2 Å². The Labute approximate surface area is 57.1 Å². The smallest absolute Gasteiger partial charge is 0.00170 e. The largest absolute Gasteiger partial charge is 0.316 e. The lowest BCUT2D eigenvalue weighted by Crippen LogP contribution is -2.08. The minimum atomic E-state index is 0.877. The highest BCUT2D eigenvalue weighted by Gasteiger charge is 2.13. The van der Waals surface area contributed by atoms with E-state index in [1.807, 2.05) is 0 Å². The molecular formula is C8H15N. The highest BCUT2D eigenvalue weighted by atomic mass is 14.9. The highest BCUT2D eigenvalue weighted by Crippen LogP contribution is 2.15. The summed E-state index contributed by atoms with van der Waals surface area (Å²) in [7, 11) is 0. The minimum absolute atomic E-state index is 0.877. The van der Waals surface area contributed by atoms with E-state index < -0.39 is 0 Å². The van der Waals surface area contributed by atoms with Crippen LogP contribution in [0.2, 0.25) is 0 Å². The second-order valence-electron chi connectivity index (χ2n) is 3.02. The summed E-state index contributed by atoms with van der Waals surface area (Å²) in [6.07, 6.45) is 2.56. The fraction of sp³-hybridized carbons (Fsp3) is 0.750. The Morgan fingerprint density at radius 3 is 3.00 bits per heavy atom. The summed E-state index contributed by atoms with van der Waals surface area (Å²) < 4.78 is 0. The zero-order valence-electron chi connectivity index (χ0n) is 6.11. The quantitative estimate of drug-likeness (QED) is 0.552. The molecule has 1 nitrogen and oxygen atoms in total. The molecule has 1 aliphatic heterocycles. The van der Waals surface area contributed by atoms with Gasteiger partial charge in [-0.2, -0.15) is 0 Å². The van der Waals surface area contributed by atoms with Gasteiger partial charge in [0.25, 0.3) is 0 Å². The molecule has 0 aromatic carbocycles. The van der Waals surface area contributed by atoms with Gasteiger partial charge in [0.1, 0.15) is 0 Å². The number of rotatable bonds is 2. The number of hydrogen-bond donors (Lipinski definition) is 1. The maximum absolute atomic E-state index is 3.89. The van der Waals surface area contributed by atoms with Crippen molar-refractivity contribution >= 4 is 0 Å². The van der Waals surface area contributed by atoms with Crippen LogP contribution in [0, 0.1) is 5.92 Å². The molecule has 0 aliphatic carbocycles. The van der Waals surface area contributed by atoms with E-state index in [-0.39, 0.29) is 0 Å². The first-order chi connectivity index (χ1) is 4.29. The first-order valence-corrected chi connectivity index (χ1v) is 3.64. The minimum Gasteiger partial charge on any atom is -0.316 e. The molecule has 1 aliphatic rings. The van der Waals surface area contributed by atoms with Crippen LogP contribution < -0.4 is 5.32 Å². The molecule has 1 heteroatoms. The van der Waals surface area contributed by atoms with Crippen molar-refractivity contribution in [3.05, 3.63) is 12.2 Å². The maximum Gasteiger partial charge on any atom is -0.00170 e. The first kappa shape index (κ1) is 6.81. The van der Waals surface area contributed by atoms with Crippen LogP contribution in [-0.2, 0) is 0 Å². The van der Waals surface area contributed by atoms with E-state index in [0.717, 1.165) is 5.92 Å². The summed E-state index contributed by atoms with van der Waals surface area (Å²) in [6.45, 7) is 8.41. The van der Waals surface area contributed by atoms with Crippen LogP contribution in [-0.4, -0.2) is 13.1 Å². The van der Waals surface area contributed by atoms with E-state index in [1.165, 1.54) is 31.5 Å². The Morgan fingerprint density at radius 1 is 1.78 bits per heavy atom. The molecule has 1 unspecified atom stereocenters. The third-order valence-corrected chi connectivity index (χ3v) is 1.80. The number of allylic oxidation sites excluding steroid dienone is 1. The fourth-order valence-corrected chi connectivity index (χ4v) is 1.38. The summed E-state index contributed by atoms with van der Waals surface area (Å²) in [4.78, 5) is 0. The summed E-state index contributed by atoms with van der Waals surface area (Å²) in [5, 5.41) is 3.34. The van der Waals surface area contributed by atoms with Crippen LogP contribution in [0.5, 0.6) is 0 Å². The van der Waals surface area contributed by atoms with Crippen molar-refractivity contribution in [3.8, 4) is 0 Å². The Kier molecular flexibility index (Phi) is 2.29. The molecular weight excluding hydrogens is 110 g/mol. The number of nitrogens with one attached hydrogen (secondary N) is 1. The van der Waals surface area contributed by atoms with Gasteiger partial charge in [0, 0.05) is 0 Å². The van der Waals surface area contributed by atoms with Crippen LogP contribution in [0.25, 0.3) is 0 Å². The Bertz CT molecular complexity index is 101. The molecule has 0 radical (unpaired) electrons. The lowest BCUT2D eigenvalue weighted by atomic mass is 10.0. The molecule has 1 saturated heterocycles. The van der Waals surface area contributed by atoms with Crippen molar-refractivity contribution in [2.75, 3.05) is 13.1 Å². The van der Waals surface area contributed by atoms with Crippen LogP contribution in [0.3, 0.4) is 0 Å². The average molecular weight is 125 g/mol. The Hall–Kier alpha value is -0.300. The van der Waals surface area contributed by atoms with Gasteiger partial charge in [-0.3, -0.25) is 0 Å². The zero-order chi connectivity index (χ0) is 6.69. The van der Waals surface area contributed by atoms with Crippen molar-refractivity contribution in [2.45, 2.75) is 19.8 Å². The van der Waals surface area contributed by atoms with Crippen LogP contribution >= 0.6 is 0 Å². The SMILES string of the molecule is C=C(C)CC1CCNC1. The zero-order valence-corrected chi connectivity index (χ0v) is 6.11. The van der Waals surface area contributed by atoms with Crippen LogP contribution in [0.1, 0.15) is 19.8 Å². The van der Waals surface area contributed by atoms with Crippen molar-refractivity contribution in [2.24, 2.45) is 5.92 Å². The maximum atomic E-state index is 3.89. The molecule has 52 valence electrons. The predicted octanol–water partition coefficient (Wildman–Crippen LogP) is 1.56. The van der Waals surface area contributed by atoms with Crippen LogP contribution in [0.4, 0.5) is 0 Å². The van der Waals surface area contributed by atoms with Gasteiger partial charge in [-0.1, -0.05) is 5.57 Å². The second-order valence-corrected chi connectivity index (χ2v) is 3.02. The molecule has 1 N–H and O–H groups in total. The predicted molar refractivity (Wildman–Crippen MR) is 40.4 cm³/mol. The summed E-state index contributed by atoms with van der Waals surface area (Å²) >= 11 is 0. The normalized spacial score (nSPS) is 26.6. The van der Waals surface area contributed by atoms with E-state index in [0.29, 0.717) is 0 Å². The standard InChI is InChI=1S/C8H15N/c1-7(2)5-8-3-4-9-6-8/h8-9H,1,3-6H2,2H3. The molecule has 1 heterocycles. The van der Waals surface area contributed by atoms with E-state index in [2.05, 4.69) is 18.8 Å². The molecule has 0 aromatic heterocycles. The van der Waals surface area contributed by atoms with Gasteiger partial charge in [0.15, 0.2) is 0 Å². The molecule has 0 spiro atoms. The summed E-state index contributed by atoms with van der Waals surface area (Å²) in [5.74, 6) is 0.877. The fourth-order valence-electron chi connectivity index (χ4n) is 1.38. The summed E-state index contributed by atoms with van der Waals surface area (Å²) in [5.41, 5.74) is 1.32. The molecule has 0 bridgehead atoms. The van der Waals surface area contributed by atoms with Gasteiger partial charge in [-0.15, -0.1) is 6.58 Å². The van der Waals surface area contributed by atoms with E-state index in [4.69, 9.17) is 0 Å². The molecule has 0 amide bonds. The molecule has 0 aromatic rings. The average Bonchev–Trinajstić information content (AvgIpc) is 2.15. The Morgan fingerprint density at radius 2 is 2.56 bits per heavy atom. The van der Waals surface area contributed by atoms with Crippen molar-refractivity contribution < 1.29 is 0 Å². The van der Waals surface area contributed by atoms with E-state index >= 15 is 0 Å². The molecule has 9 heavy (non-hydrogen) atoms. The lowest BCUT2D eigenvalue weighted by Gasteiger charge is -2.05. The van der Waals surface area contributed by atoms with Gasteiger partial charge in [-0.25, -0.2) is 0 Å². The molecule has 1 fully saturated rings. The van der Waals surface area contributed by atoms with Gasteiger partial charge >= 0.3 is 0 Å². The third-order valence-electron chi connectivity index (χ3n) is 1.80. The summed E-state index contributed by atoms with van der Waals surface area (Å²) in [6, 6.07) is 0. The molecule has 1 atom stereocenters. The first-order valence-electron chi connectivity index (χ1n) is 3.64. The highest BCUT2D eigenvalue weighted by molar-refractivity contribution is 4.92. The third kappa shape index (κ3) is 2.19. The topological polar surface area (TPSA) is 12.0 Å². The van der Waals surface area contributed by atoms with E-state index in [1.54, 1.807) is 0 Å². The molecule has 0 saturated carbocycles. The lowest BCUT2D eigenvalue weighted by molar-refractivity contribution is 0.578. The van der Waals surface area contributed by atoms with Crippen molar-refractivity contribution in [1.82, 2.24) is 5.32 Å². The van der Waals surface area contributed by atoms with Gasteiger partial charge < -0.3 is 5.32 Å². The monoisotopic (exact) mass is 125 g/mol. The van der Waals surface area contributed by atoms with Gasteiger partial charge in [0.2, 0.25) is 0 Å². The van der Waals surface area contributed by atoms with Crippen molar-refractivity contribution in [1.29, 1.82) is 0 Å². The second kappa shape index (κ2) is 3.02. The number of hydrogen-bond acceptors (Lipinski definition) is 1. The van der Waals surface area contributed by atoms with Gasteiger partial charge in [-0.05, 0) is 38.8 Å². The van der Waals surface area contributed by atoms with E-state index in [9.17, 15) is 0 Å². The Balaban J connectivity index is 2.19. The molecule has 1 rings (SSSR count). The van der Waals surface area contributed by atoms with Gasteiger partial charge in [0.05, 0.1) is 0 Å².